The maximum Gasteiger partial charge on any atom is 0.422 e. The summed E-state index contributed by atoms with van der Waals surface area (Å²) in [5.41, 5.74) is -2.13. The number of ether oxygens (including phenoxy) is 1. The Morgan fingerprint density at radius 2 is 1.81 bits per heavy atom. The highest BCUT2D eigenvalue weighted by molar-refractivity contribution is 9.10. The first-order valence-electron chi connectivity index (χ1n) is 7.72. The lowest BCUT2D eigenvalue weighted by Crippen LogP contribution is -2.39. The molecule has 3 aromatic rings. The summed E-state index contributed by atoms with van der Waals surface area (Å²) in [6.45, 7) is 0.972. The molecule has 0 saturated carbocycles. The van der Waals surface area contributed by atoms with Crippen LogP contribution in [0, 0.1) is 0 Å². The first-order chi connectivity index (χ1) is 12.1. The summed E-state index contributed by atoms with van der Waals surface area (Å²) in [7, 11) is 1.55. The fourth-order valence-corrected chi connectivity index (χ4v) is 3.01. The van der Waals surface area contributed by atoms with Gasteiger partial charge in [-0.1, -0.05) is 28.1 Å². The smallest absolute Gasteiger partial charge is 0.422 e. The molecule has 0 spiro atoms. The van der Waals surface area contributed by atoms with Crippen LogP contribution < -0.4 is 4.74 Å². The molecular formula is C18H16BrF3N2O2. The molecule has 3 rings (SSSR count). The summed E-state index contributed by atoms with van der Waals surface area (Å²) < 4.78 is 47.2. The molecule has 0 amide bonds. The SMILES string of the molecule is COc1ccc(Cn2nc(C(C)(O)C(F)(F)F)c3ccc(Br)cc32)cc1. The van der Waals surface area contributed by atoms with E-state index >= 15 is 0 Å². The van der Waals surface area contributed by atoms with E-state index in [1.54, 1.807) is 31.4 Å². The summed E-state index contributed by atoms with van der Waals surface area (Å²) in [6.07, 6.45) is -4.84. The molecule has 0 aliphatic carbocycles. The van der Waals surface area contributed by atoms with Crippen LogP contribution in [0.25, 0.3) is 10.9 Å². The van der Waals surface area contributed by atoms with Gasteiger partial charge in [-0.2, -0.15) is 18.3 Å². The number of nitrogens with zero attached hydrogens (tertiary/aromatic N) is 2. The van der Waals surface area contributed by atoms with Gasteiger partial charge in [-0.15, -0.1) is 0 Å². The summed E-state index contributed by atoms with van der Waals surface area (Å²) in [5, 5.41) is 14.5. The molecule has 0 aliphatic heterocycles. The van der Waals surface area contributed by atoms with E-state index in [-0.39, 0.29) is 11.9 Å². The summed E-state index contributed by atoms with van der Waals surface area (Å²) >= 11 is 3.33. The van der Waals surface area contributed by atoms with E-state index in [4.69, 9.17) is 4.74 Å². The van der Waals surface area contributed by atoms with Crippen molar-refractivity contribution in [2.75, 3.05) is 7.11 Å². The Morgan fingerprint density at radius 1 is 1.15 bits per heavy atom. The van der Waals surface area contributed by atoms with Crippen LogP contribution >= 0.6 is 15.9 Å². The van der Waals surface area contributed by atoms with Crippen molar-refractivity contribution in [3.63, 3.8) is 0 Å². The molecule has 4 nitrogen and oxygen atoms in total. The van der Waals surface area contributed by atoms with Crippen LogP contribution in [-0.2, 0) is 12.1 Å². The van der Waals surface area contributed by atoms with E-state index < -0.39 is 17.5 Å². The number of hydrogen-bond acceptors (Lipinski definition) is 3. The minimum absolute atomic E-state index is 0.254. The first kappa shape index (κ1) is 18.7. The largest absolute Gasteiger partial charge is 0.497 e. The van der Waals surface area contributed by atoms with E-state index in [1.807, 2.05) is 12.1 Å². The molecule has 0 bridgehead atoms. The predicted octanol–water partition coefficient (Wildman–Crippen LogP) is 4.63. The molecule has 1 heterocycles. The van der Waals surface area contributed by atoms with Crippen molar-refractivity contribution in [1.82, 2.24) is 9.78 Å². The van der Waals surface area contributed by atoms with E-state index in [2.05, 4.69) is 21.0 Å². The molecule has 2 aromatic carbocycles. The topological polar surface area (TPSA) is 47.3 Å². The van der Waals surface area contributed by atoms with Crippen LogP contribution in [0.4, 0.5) is 13.2 Å². The van der Waals surface area contributed by atoms with E-state index in [1.165, 1.54) is 10.7 Å². The maximum atomic E-state index is 13.3. The Balaban J connectivity index is 2.12. The van der Waals surface area contributed by atoms with Crippen LogP contribution in [0.15, 0.2) is 46.9 Å². The summed E-state index contributed by atoms with van der Waals surface area (Å²) in [4.78, 5) is 0. The number of benzene rings is 2. The molecule has 138 valence electrons. The van der Waals surface area contributed by atoms with Crippen LogP contribution in [0.1, 0.15) is 18.2 Å². The molecule has 1 atom stereocenters. The van der Waals surface area contributed by atoms with Crippen molar-refractivity contribution in [3.05, 3.63) is 58.2 Å². The number of fused-ring (bicyclic) bond motifs is 1. The van der Waals surface area contributed by atoms with Gasteiger partial charge in [0.1, 0.15) is 11.4 Å². The lowest BCUT2D eigenvalue weighted by Gasteiger charge is -2.24. The van der Waals surface area contributed by atoms with Gasteiger partial charge in [-0.3, -0.25) is 4.68 Å². The fraction of sp³-hybridized carbons (Fsp3) is 0.278. The van der Waals surface area contributed by atoms with Crippen molar-refractivity contribution in [2.45, 2.75) is 25.2 Å². The number of aromatic nitrogens is 2. The number of rotatable bonds is 4. The Bertz CT molecular complexity index is 934. The summed E-state index contributed by atoms with van der Waals surface area (Å²) in [6, 6.07) is 12.0. The average molecular weight is 429 g/mol. The maximum absolute atomic E-state index is 13.3. The minimum Gasteiger partial charge on any atom is -0.497 e. The lowest BCUT2D eigenvalue weighted by molar-refractivity contribution is -0.259. The second-order valence-electron chi connectivity index (χ2n) is 6.09. The van der Waals surface area contributed by atoms with E-state index in [0.717, 1.165) is 5.56 Å². The van der Waals surface area contributed by atoms with Crippen molar-refractivity contribution in [3.8, 4) is 5.75 Å². The highest BCUT2D eigenvalue weighted by Crippen LogP contribution is 2.41. The molecule has 26 heavy (non-hydrogen) atoms. The number of aliphatic hydroxyl groups is 1. The zero-order chi connectivity index (χ0) is 19.1. The molecule has 1 unspecified atom stereocenters. The van der Waals surface area contributed by atoms with Crippen molar-refractivity contribution >= 4 is 26.8 Å². The van der Waals surface area contributed by atoms with Crippen LogP contribution in [0.3, 0.4) is 0 Å². The van der Waals surface area contributed by atoms with Gasteiger partial charge in [0, 0.05) is 9.86 Å². The second-order valence-corrected chi connectivity index (χ2v) is 7.00. The van der Waals surface area contributed by atoms with Gasteiger partial charge in [0.15, 0.2) is 0 Å². The van der Waals surface area contributed by atoms with Gasteiger partial charge in [0.25, 0.3) is 0 Å². The third-order valence-electron chi connectivity index (χ3n) is 4.22. The van der Waals surface area contributed by atoms with E-state index in [9.17, 15) is 18.3 Å². The van der Waals surface area contributed by atoms with Crippen LogP contribution in [0.5, 0.6) is 5.75 Å². The van der Waals surface area contributed by atoms with Crippen molar-refractivity contribution in [1.29, 1.82) is 0 Å². The average Bonchev–Trinajstić information content (AvgIpc) is 2.93. The Labute approximate surface area is 156 Å². The van der Waals surface area contributed by atoms with Gasteiger partial charge in [0.2, 0.25) is 5.60 Å². The molecule has 1 aromatic heterocycles. The molecule has 0 saturated heterocycles. The van der Waals surface area contributed by atoms with Gasteiger partial charge < -0.3 is 9.84 Å². The lowest BCUT2D eigenvalue weighted by atomic mass is 9.98. The standard InChI is InChI=1S/C18H16BrF3N2O2/c1-17(25,18(20,21)22)16-14-8-5-12(19)9-15(14)24(23-16)10-11-3-6-13(26-2)7-4-11/h3-9,25H,10H2,1-2H3. The molecule has 1 N–H and O–H groups in total. The Hall–Kier alpha value is -2.06. The van der Waals surface area contributed by atoms with Gasteiger partial charge >= 0.3 is 6.18 Å². The monoisotopic (exact) mass is 428 g/mol. The number of alkyl halides is 3. The molecule has 0 aliphatic rings. The zero-order valence-corrected chi connectivity index (χ0v) is 15.6. The van der Waals surface area contributed by atoms with E-state index in [0.29, 0.717) is 22.7 Å². The third kappa shape index (κ3) is 3.31. The normalized spacial score (nSPS) is 14.4. The van der Waals surface area contributed by atoms with Crippen molar-refractivity contribution in [2.24, 2.45) is 0 Å². The first-order valence-corrected chi connectivity index (χ1v) is 8.51. The van der Waals surface area contributed by atoms with Crippen molar-refractivity contribution < 1.29 is 23.0 Å². The van der Waals surface area contributed by atoms with Gasteiger partial charge in [-0.05, 0) is 42.8 Å². The summed E-state index contributed by atoms with van der Waals surface area (Å²) in [5.74, 6) is 0.683. The highest BCUT2D eigenvalue weighted by Gasteiger charge is 2.53. The van der Waals surface area contributed by atoms with Gasteiger partial charge in [-0.25, -0.2) is 0 Å². The molecular weight excluding hydrogens is 413 g/mol. The second kappa shape index (κ2) is 6.59. The number of methoxy groups -OCH3 is 1. The predicted molar refractivity (Wildman–Crippen MR) is 95.2 cm³/mol. The zero-order valence-electron chi connectivity index (χ0n) is 14.0. The minimum atomic E-state index is -4.84. The molecule has 8 heteroatoms. The highest BCUT2D eigenvalue weighted by atomic mass is 79.9. The third-order valence-corrected chi connectivity index (χ3v) is 4.71. The van der Waals surface area contributed by atoms with Crippen LogP contribution in [0.2, 0.25) is 0 Å². The Kier molecular flexibility index (Phi) is 4.74. The molecule has 0 fully saturated rings. The quantitative estimate of drug-likeness (QED) is 0.658. The molecule has 0 radical (unpaired) electrons. The van der Waals surface area contributed by atoms with Crippen LogP contribution in [-0.4, -0.2) is 28.2 Å². The number of hydrogen-bond donors (Lipinski definition) is 1. The Morgan fingerprint density at radius 3 is 2.38 bits per heavy atom. The van der Waals surface area contributed by atoms with Gasteiger partial charge in [0.05, 0.1) is 19.2 Å². The number of halogens is 4. The fourth-order valence-electron chi connectivity index (χ4n) is 2.67.